The van der Waals surface area contributed by atoms with Gasteiger partial charge in [-0.05, 0) is 42.0 Å². The second-order valence-corrected chi connectivity index (χ2v) is 8.61. The highest BCUT2D eigenvalue weighted by atomic mass is 16.5. The molecule has 3 heterocycles. The Labute approximate surface area is 188 Å². The molecular weight excluding hydrogens is 406 g/mol. The third-order valence-corrected chi connectivity index (χ3v) is 5.28. The zero-order valence-electron chi connectivity index (χ0n) is 19.6. The number of methoxy groups -OCH3 is 1. The highest BCUT2D eigenvalue weighted by Gasteiger charge is 2.26. The van der Waals surface area contributed by atoms with Crippen LogP contribution in [0.3, 0.4) is 0 Å². The van der Waals surface area contributed by atoms with Crippen molar-refractivity contribution in [3.8, 4) is 28.3 Å². The monoisotopic (exact) mass is 437 g/mol. The molecular formula is C25H31N3O4. The standard InChI is InChI=1S/C21H21N3O4.C4H10/c1-4-12-13-5-8-24-11-16(21(26)27)19(25)10-18(24)14(13)9-15(20(12)28-3)17-6-7-23(2)22-17;1-4(2)3/h6-7,9-11H,4-5,8H2,1-3H3,(H,26,27);4H,1-3H3. The summed E-state index contributed by atoms with van der Waals surface area (Å²) in [6.07, 6.45) is 4.84. The molecule has 0 aliphatic carbocycles. The van der Waals surface area contributed by atoms with Gasteiger partial charge >= 0.3 is 5.97 Å². The maximum atomic E-state index is 12.3. The van der Waals surface area contributed by atoms with E-state index in [2.05, 4.69) is 32.8 Å². The predicted molar refractivity (Wildman–Crippen MR) is 125 cm³/mol. The normalized spacial score (nSPS) is 12.0. The smallest absolute Gasteiger partial charge is 0.341 e. The summed E-state index contributed by atoms with van der Waals surface area (Å²) in [5.74, 6) is 0.433. The van der Waals surface area contributed by atoms with Gasteiger partial charge in [-0.15, -0.1) is 0 Å². The molecule has 7 nitrogen and oxygen atoms in total. The molecule has 0 radical (unpaired) electrons. The van der Waals surface area contributed by atoms with Crippen molar-refractivity contribution >= 4 is 5.97 Å². The molecule has 0 saturated heterocycles. The zero-order valence-corrected chi connectivity index (χ0v) is 19.6. The van der Waals surface area contributed by atoms with Crippen LogP contribution in [0.2, 0.25) is 0 Å². The van der Waals surface area contributed by atoms with E-state index in [4.69, 9.17) is 4.74 Å². The number of fused-ring (bicyclic) bond motifs is 3. The van der Waals surface area contributed by atoms with Crippen LogP contribution in [0.5, 0.6) is 5.75 Å². The number of ether oxygens (including phenoxy) is 1. The van der Waals surface area contributed by atoms with Crippen LogP contribution >= 0.6 is 0 Å². The van der Waals surface area contributed by atoms with Gasteiger partial charge in [-0.3, -0.25) is 9.48 Å². The fourth-order valence-corrected chi connectivity index (χ4v) is 4.01. The van der Waals surface area contributed by atoms with E-state index in [0.29, 0.717) is 6.54 Å². The van der Waals surface area contributed by atoms with Crippen LogP contribution in [0.15, 0.2) is 35.4 Å². The second kappa shape index (κ2) is 9.42. The Morgan fingerprint density at radius 3 is 2.47 bits per heavy atom. The van der Waals surface area contributed by atoms with E-state index < -0.39 is 11.4 Å². The van der Waals surface area contributed by atoms with Gasteiger partial charge in [0, 0.05) is 43.2 Å². The minimum Gasteiger partial charge on any atom is -0.496 e. The van der Waals surface area contributed by atoms with Crippen LogP contribution < -0.4 is 10.2 Å². The summed E-state index contributed by atoms with van der Waals surface area (Å²) in [6, 6.07) is 5.35. The maximum Gasteiger partial charge on any atom is 0.341 e. The van der Waals surface area contributed by atoms with Gasteiger partial charge in [0.15, 0.2) is 5.43 Å². The van der Waals surface area contributed by atoms with E-state index in [1.54, 1.807) is 11.8 Å². The van der Waals surface area contributed by atoms with Gasteiger partial charge in [-0.2, -0.15) is 5.10 Å². The summed E-state index contributed by atoms with van der Waals surface area (Å²) >= 11 is 0. The molecule has 170 valence electrons. The predicted octanol–water partition coefficient (Wildman–Crippen LogP) is 4.40. The van der Waals surface area contributed by atoms with E-state index in [1.807, 2.05) is 29.9 Å². The average molecular weight is 438 g/mol. The quantitative estimate of drug-likeness (QED) is 0.654. The Morgan fingerprint density at radius 1 is 1.25 bits per heavy atom. The molecule has 0 atom stereocenters. The first-order valence-corrected chi connectivity index (χ1v) is 10.9. The Kier molecular flexibility index (Phi) is 6.87. The molecule has 1 aliphatic heterocycles. The first kappa shape index (κ1) is 23.3. The summed E-state index contributed by atoms with van der Waals surface area (Å²) in [5, 5.41) is 13.8. The summed E-state index contributed by atoms with van der Waals surface area (Å²) in [5.41, 5.74) is 4.86. The van der Waals surface area contributed by atoms with Crippen molar-refractivity contribution in [2.45, 2.75) is 47.1 Å². The number of aromatic carboxylic acids is 1. The average Bonchev–Trinajstić information content (AvgIpc) is 3.17. The molecule has 1 N–H and O–H groups in total. The number of hydrogen-bond donors (Lipinski definition) is 1. The number of hydrogen-bond acceptors (Lipinski definition) is 4. The van der Waals surface area contributed by atoms with Crippen molar-refractivity contribution in [1.29, 1.82) is 0 Å². The molecule has 0 amide bonds. The van der Waals surface area contributed by atoms with Crippen LogP contribution in [0.4, 0.5) is 0 Å². The highest BCUT2D eigenvalue weighted by Crippen LogP contribution is 2.42. The lowest BCUT2D eigenvalue weighted by Crippen LogP contribution is -2.22. The Bertz CT molecular complexity index is 1200. The molecule has 0 fully saturated rings. The van der Waals surface area contributed by atoms with Gasteiger partial charge in [0.05, 0.1) is 18.5 Å². The molecule has 3 aromatic rings. The van der Waals surface area contributed by atoms with Crippen LogP contribution in [-0.4, -0.2) is 32.5 Å². The maximum absolute atomic E-state index is 12.3. The van der Waals surface area contributed by atoms with Gasteiger partial charge in [0.1, 0.15) is 11.3 Å². The molecule has 1 aliphatic rings. The number of carboxylic acids is 1. The highest BCUT2D eigenvalue weighted by molar-refractivity contribution is 5.88. The second-order valence-electron chi connectivity index (χ2n) is 8.61. The van der Waals surface area contributed by atoms with E-state index >= 15 is 0 Å². The minimum atomic E-state index is -1.20. The van der Waals surface area contributed by atoms with Crippen LogP contribution in [0, 0.1) is 5.92 Å². The van der Waals surface area contributed by atoms with Crippen LogP contribution in [0.25, 0.3) is 22.5 Å². The van der Waals surface area contributed by atoms with Crippen LogP contribution in [0.1, 0.15) is 49.2 Å². The first-order chi connectivity index (χ1) is 15.2. The third-order valence-electron chi connectivity index (χ3n) is 5.28. The van der Waals surface area contributed by atoms with Crippen molar-refractivity contribution in [3.63, 3.8) is 0 Å². The lowest BCUT2D eigenvalue weighted by molar-refractivity contribution is 0.0694. The Hall–Kier alpha value is -3.35. The fraction of sp³-hybridized carbons (Fsp3) is 0.400. The van der Waals surface area contributed by atoms with Gasteiger partial charge in [0.25, 0.3) is 0 Å². The summed E-state index contributed by atoms with van der Waals surface area (Å²) in [4.78, 5) is 23.7. The molecule has 0 unspecified atom stereocenters. The van der Waals surface area contributed by atoms with Gasteiger partial charge in [-0.25, -0.2) is 4.79 Å². The first-order valence-electron chi connectivity index (χ1n) is 10.9. The third kappa shape index (κ3) is 4.47. The van der Waals surface area contributed by atoms with Crippen molar-refractivity contribution < 1.29 is 14.6 Å². The minimum absolute atomic E-state index is 0.207. The number of carboxylic acid groups (broad SMARTS) is 1. The summed E-state index contributed by atoms with van der Waals surface area (Å²) in [6.45, 7) is 9.19. The van der Waals surface area contributed by atoms with Crippen molar-refractivity contribution in [1.82, 2.24) is 14.3 Å². The number of rotatable bonds is 4. The van der Waals surface area contributed by atoms with E-state index in [0.717, 1.165) is 58.2 Å². The fourth-order valence-electron chi connectivity index (χ4n) is 4.01. The number of pyridine rings is 1. The molecule has 0 spiro atoms. The number of aromatic nitrogens is 3. The zero-order chi connectivity index (χ0) is 23.6. The topological polar surface area (TPSA) is 86.3 Å². The van der Waals surface area contributed by atoms with E-state index in [9.17, 15) is 14.7 Å². The van der Waals surface area contributed by atoms with E-state index in [1.165, 1.54) is 12.3 Å². The molecule has 4 rings (SSSR count). The van der Waals surface area contributed by atoms with Crippen molar-refractivity contribution in [2.75, 3.05) is 7.11 Å². The summed E-state index contributed by atoms with van der Waals surface area (Å²) < 4.78 is 9.35. The lowest BCUT2D eigenvalue weighted by atomic mass is 9.87. The van der Waals surface area contributed by atoms with Gasteiger partial charge in [-0.1, -0.05) is 27.7 Å². The SMILES string of the molecule is CC(C)C.CCc1c2c(cc(-c3ccn(C)n3)c1OC)-c1cc(=O)c(C(=O)O)cn1CC2. The molecule has 0 saturated carbocycles. The number of carbonyl (C=O) groups is 1. The van der Waals surface area contributed by atoms with E-state index in [-0.39, 0.29) is 5.56 Å². The Balaban J connectivity index is 0.000000668. The van der Waals surface area contributed by atoms with Gasteiger partial charge in [0.2, 0.25) is 0 Å². The van der Waals surface area contributed by atoms with Crippen molar-refractivity contribution in [2.24, 2.45) is 13.0 Å². The largest absolute Gasteiger partial charge is 0.496 e. The molecule has 1 aromatic carbocycles. The van der Waals surface area contributed by atoms with Gasteiger partial charge < -0.3 is 14.4 Å². The molecule has 2 aromatic heterocycles. The number of aryl methyl sites for hydroxylation is 2. The number of nitrogens with zero attached hydrogens (tertiary/aromatic N) is 3. The summed E-state index contributed by atoms with van der Waals surface area (Å²) in [7, 11) is 3.52. The lowest BCUT2D eigenvalue weighted by Gasteiger charge is -2.27. The van der Waals surface area contributed by atoms with Crippen LogP contribution in [-0.2, 0) is 26.4 Å². The Morgan fingerprint density at radius 2 is 1.94 bits per heavy atom. The van der Waals surface area contributed by atoms with Crippen molar-refractivity contribution in [3.05, 3.63) is 57.5 Å². The molecule has 7 heteroatoms. The molecule has 0 bridgehead atoms. The number of benzene rings is 1. The molecule has 32 heavy (non-hydrogen) atoms.